The van der Waals surface area contributed by atoms with Crippen LogP contribution in [0.5, 0.6) is 0 Å². The molecule has 0 aliphatic rings. The van der Waals surface area contributed by atoms with Crippen molar-refractivity contribution >= 4 is 0 Å². The first-order chi connectivity index (χ1) is 7.31. The van der Waals surface area contributed by atoms with Crippen LogP contribution < -0.4 is 5.32 Å². The van der Waals surface area contributed by atoms with Gasteiger partial charge >= 0.3 is 0 Å². The van der Waals surface area contributed by atoms with Gasteiger partial charge in [-0.05, 0) is 33.6 Å². The standard InChI is InChI=1S/C13H25N3/c1-10(2)11(3)16-9-14-7-12(16)8-15-13(4,5)6/h7,9-11,15H,8H2,1-6H3. The number of hydrogen-bond donors (Lipinski definition) is 1. The van der Waals surface area contributed by atoms with E-state index in [2.05, 4.69) is 56.4 Å². The van der Waals surface area contributed by atoms with E-state index in [1.807, 2.05) is 12.5 Å². The zero-order valence-electron chi connectivity index (χ0n) is 11.4. The molecule has 1 aromatic rings. The van der Waals surface area contributed by atoms with E-state index >= 15 is 0 Å². The average molecular weight is 223 g/mol. The Labute approximate surface area is 99.3 Å². The van der Waals surface area contributed by atoms with Gasteiger partial charge < -0.3 is 9.88 Å². The van der Waals surface area contributed by atoms with Crippen molar-refractivity contribution < 1.29 is 0 Å². The van der Waals surface area contributed by atoms with Crippen molar-refractivity contribution in [3.63, 3.8) is 0 Å². The van der Waals surface area contributed by atoms with Gasteiger partial charge in [-0.1, -0.05) is 13.8 Å². The maximum absolute atomic E-state index is 4.25. The van der Waals surface area contributed by atoms with Crippen molar-refractivity contribution in [2.75, 3.05) is 0 Å². The maximum atomic E-state index is 4.25. The molecule has 1 atom stereocenters. The third-order valence-corrected chi connectivity index (χ3v) is 2.95. The molecule has 1 rings (SSSR count). The van der Waals surface area contributed by atoms with Crippen molar-refractivity contribution in [3.05, 3.63) is 18.2 Å². The van der Waals surface area contributed by atoms with Gasteiger partial charge in [0.2, 0.25) is 0 Å². The van der Waals surface area contributed by atoms with Crippen LogP contribution in [0, 0.1) is 5.92 Å². The normalized spacial score (nSPS) is 14.4. The predicted molar refractivity (Wildman–Crippen MR) is 68.4 cm³/mol. The fourth-order valence-corrected chi connectivity index (χ4v) is 1.51. The number of imidazole rings is 1. The van der Waals surface area contributed by atoms with Gasteiger partial charge in [0.1, 0.15) is 0 Å². The molecular weight excluding hydrogens is 198 g/mol. The molecule has 1 aromatic heterocycles. The highest BCUT2D eigenvalue weighted by atomic mass is 15.1. The van der Waals surface area contributed by atoms with Crippen LogP contribution in [-0.2, 0) is 6.54 Å². The van der Waals surface area contributed by atoms with Gasteiger partial charge in [0.25, 0.3) is 0 Å². The minimum absolute atomic E-state index is 0.149. The molecule has 0 amide bonds. The molecule has 3 nitrogen and oxygen atoms in total. The first-order valence-corrected chi connectivity index (χ1v) is 6.07. The summed E-state index contributed by atoms with van der Waals surface area (Å²) in [6.45, 7) is 14.1. The Morgan fingerprint density at radius 1 is 1.31 bits per heavy atom. The summed E-state index contributed by atoms with van der Waals surface area (Å²) in [7, 11) is 0. The van der Waals surface area contributed by atoms with Crippen molar-refractivity contribution in [1.29, 1.82) is 0 Å². The molecule has 1 heterocycles. The molecule has 3 heteroatoms. The van der Waals surface area contributed by atoms with Crippen LogP contribution in [0.2, 0.25) is 0 Å². The molecule has 0 saturated heterocycles. The van der Waals surface area contributed by atoms with Crippen LogP contribution in [-0.4, -0.2) is 15.1 Å². The van der Waals surface area contributed by atoms with Gasteiger partial charge in [-0.15, -0.1) is 0 Å². The van der Waals surface area contributed by atoms with Gasteiger partial charge in [0.15, 0.2) is 0 Å². The summed E-state index contributed by atoms with van der Waals surface area (Å²) < 4.78 is 2.27. The molecule has 0 radical (unpaired) electrons. The zero-order valence-corrected chi connectivity index (χ0v) is 11.4. The second-order valence-corrected chi connectivity index (χ2v) is 5.88. The summed E-state index contributed by atoms with van der Waals surface area (Å²) >= 11 is 0. The highest BCUT2D eigenvalue weighted by molar-refractivity contribution is 5.01. The summed E-state index contributed by atoms with van der Waals surface area (Å²) in [6, 6.07) is 0.499. The van der Waals surface area contributed by atoms with Crippen molar-refractivity contribution in [2.24, 2.45) is 5.92 Å². The van der Waals surface area contributed by atoms with Gasteiger partial charge in [-0.2, -0.15) is 0 Å². The minimum atomic E-state index is 0.149. The van der Waals surface area contributed by atoms with E-state index in [4.69, 9.17) is 0 Å². The van der Waals surface area contributed by atoms with Crippen LogP contribution in [0.1, 0.15) is 53.3 Å². The molecule has 0 aliphatic heterocycles. The Balaban J connectivity index is 2.71. The number of nitrogens with one attached hydrogen (secondary N) is 1. The van der Waals surface area contributed by atoms with Gasteiger partial charge in [0.05, 0.1) is 12.0 Å². The predicted octanol–water partition coefficient (Wildman–Crippen LogP) is 2.99. The zero-order chi connectivity index (χ0) is 12.3. The van der Waals surface area contributed by atoms with Crippen molar-refractivity contribution in [2.45, 2.75) is 59.7 Å². The maximum Gasteiger partial charge on any atom is 0.0951 e. The SMILES string of the molecule is CC(C)C(C)n1cncc1CNC(C)(C)C. The van der Waals surface area contributed by atoms with E-state index in [0.29, 0.717) is 12.0 Å². The molecule has 16 heavy (non-hydrogen) atoms. The Hall–Kier alpha value is -0.830. The van der Waals surface area contributed by atoms with Gasteiger partial charge in [-0.3, -0.25) is 0 Å². The molecule has 1 unspecified atom stereocenters. The molecule has 0 saturated carbocycles. The largest absolute Gasteiger partial charge is 0.330 e. The molecule has 1 N–H and O–H groups in total. The molecule has 0 aliphatic carbocycles. The summed E-state index contributed by atoms with van der Waals surface area (Å²) in [5.41, 5.74) is 1.41. The molecule has 0 bridgehead atoms. The van der Waals surface area contributed by atoms with Crippen LogP contribution >= 0.6 is 0 Å². The van der Waals surface area contributed by atoms with E-state index < -0.39 is 0 Å². The highest BCUT2D eigenvalue weighted by Crippen LogP contribution is 2.18. The molecule has 0 spiro atoms. The lowest BCUT2D eigenvalue weighted by Gasteiger charge is -2.24. The molecule has 0 fully saturated rings. The Morgan fingerprint density at radius 3 is 2.44 bits per heavy atom. The van der Waals surface area contributed by atoms with Crippen LogP contribution in [0.3, 0.4) is 0 Å². The summed E-state index contributed by atoms with van der Waals surface area (Å²) in [5, 5.41) is 3.50. The van der Waals surface area contributed by atoms with E-state index in [-0.39, 0.29) is 5.54 Å². The lowest BCUT2D eigenvalue weighted by atomic mass is 10.1. The summed E-state index contributed by atoms with van der Waals surface area (Å²) in [4.78, 5) is 4.25. The van der Waals surface area contributed by atoms with Crippen molar-refractivity contribution in [1.82, 2.24) is 14.9 Å². The van der Waals surface area contributed by atoms with Crippen LogP contribution in [0.15, 0.2) is 12.5 Å². The second kappa shape index (κ2) is 5.00. The first-order valence-electron chi connectivity index (χ1n) is 6.07. The molecule has 92 valence electrons. The van der Waals surface area contributed by atoms with E-state index in [0.717, 1.165) is 6.54 Å². The summed E-state index contributed by atoms with van der Waals surface area (Å²) in [5.74, 6) is 0.627. The minimum Gasteiger partial charge on any atom is -0.330 e. The Kier molecular flexibility index (Phi) is 4.14. The topological polar surface area (TPSA) is 29.9 Å². The smallest absolute Gasteiger partial charge is 0.0951 e. The fraction of sp³-hybridized carbons (Fsp3) is 0.769. The third-order valence-electron chi connectivity index (χ3n) is 2.95. The Bertz CT molecular complexity index is 320. The first kappa shape index (κ1) is 13.2. The fourth-order valence-electron chi connectivity index (χ4n) is 1.51. The van der Waals surface area contributed by atoms with Crippen molar-refractivity contribution in [3.8, 4) is 0 Å². The van der Waals surface area contributed by atoms with Gasteiger partial charge in [0, 0.05) is 24.3 Å². The summed E-state index contributed by atoms with van der Waals surface area (Å²) in [6.07, 6.45) is 3.89. The number of nitrogens with zero attached hydrogens (tertiary/aromatic N) is 2. The molecule has 0 aromatic carbocycles. The molecular formula is C13H25N3. The lowest BCUT2D eigenvalue weighted by molar-refractivity contribution is 0.375. The second-order valence-electron chi connectivity index (χ2n) is 5.88. The monoisotopic (exact) mass is 223 g/mol. The van der Waals surface area contributed by atoms with Crippen LogP contribution in [0.25, 0.3) is 0 Å². The lowest BCUT2D eigenvalue weighted by Crippen LogP contribution is -2.35. The quantitative estimate of drug-likeness (QED) is 0.850. The van der Waals surface area contributed by atoms with E-state index in [1.54, 1.807) is 0 Å². The number of hydrogen-bond acceptors (Lipinski definition) is 2. The number of rotatable bonds is 4. The number of aromatic nitrogens is 2. The van der Waals surface area contributed by atoms with E-state index in [1.165, 1.54) is 5.69 Å². The highest BCUT2D eigenvalue weighted by Gasteiger charge is 2.15. The van der Waals surface area contributed by atoms with Gasteiger partial charge in [-0.25, -0.2) is 4.98 Å². The van der Waals surface area contributed by atoms with E-state index in [9.17, 15) is 0 Å². The Morgan fingerprint density at radius 2 is 1.94 bits per heavy atom. The average Bonchev–Trinajstić information content (AvgIpc) is 2.59. The van der Waals surface area contributed by atoms with Crippen LogP contribution in [0.4, 0.5) is 0 Å². The third kappa shape index (κ3) is 3.63.